The lowest BCUT2D eigenvalue weighted by molar-refractivity contribution is -0.385. The molecule has 20 heavy (non-hydrogen) atoms. The first-order valence-electron chi connectivity index (χ1n) is 6.65. The summed E-state index contributed by atoms with van der Waals surface area (Å²) in [6, 6.07) is 4.73. The summed E-state index contributed by atoms with van der Waals surface area (Å²) < 4.78 is 0.265. The molecule has 1 aliphatic rings. The molecule has 1 aliphatic heterocycles. The summed E-state index contributed by atoms with van der Waals surface area (Å²) in [7, 11) is 0. The van der Waals surface area contributed by atoms with Gasteiger partial charge in [-0.15, -0.1) is 0 Å². The number of halogens is 1. The zero-order chi connectivity index (χ0) is 14.9. The number of benzene rings is 1. The Labute approximate surface area is 126 Å². The van der Waals surface area contributed by atoms with E-state index in [1.165, 1.54) is 6.07 Å². The minimum atomic E-state index is -0.484. The third kappa shape index (κ3) is 2.85. The molecule has 6 heteroatoms. The number of hydrogen-bond donors (Lipinski definition) is 0. The number of rotatable bonds is 2. The number of nitrogens with zero attached hydrogens (tertiary/aromatic N) is 2. The molecule has 1 fully saturated rings. The van der Waals surface area contributed by atoms with E-state index >= 15 is 0 Å². The first kappa shape index (κ1) is 15.0. The van der Waals surface area contributed by atoms with Crippen molar-refractivity contribution >= 4 is 27.5 Å². The Hall–Kier alpha value is -1.43. The van der Waals surface area contributed by atoms with E-state index in [4.69, 9.17) is 0 Å². The van der Waals surface area contributed by atoms with Gasteiger partial charge in [-0.3, -0.25) is 14.9 Å². The molecule has 0 aliphatic carbocycles. The maximum Gasteiger partial charge on any atom is 0.284 e. The third-order valence-electron chi connectivity index (χ3n) is 3.80. The average molecular weight is 341 g/mol. The van der Waals surface area contributed by atoms with E-state index in [0.29, 0.717) is 18.0 Å². The molecule has 1 aromatic rings. The van der Waals surface area contributed by atoms with Crippen molar-refractivity contribution in [2.24, 2.45) is 5.92 Å². The normalized spacial score (nSPS) is 22.6. The molecular formula is C14H17BrN2O3. The topological polar surface area (TPSA) is 63.5 Å². The van der Waals surface area contributed by atoms with Crippen LogP contribution in [0, 0.1) is 16.0 Å². The highest BCUT2D eigenvalue weighted by Gasteiger charge is 2.30. The summed E-state index contributed by atoms with van der Waals surface area (Å²) in [5.41, 5.74) is 0.287. The molecule has 0 aromatic heterocycles. The Morgan fingerprint density at radius 2 is 2.15 bits per heavy atom. The first-order valence-corrected chi connectivity index (χ1v) is 7.45. The Kier molecular flexibility index (Phi) is 4.42. The molecule has 0 radical (unpaired) electrons. The molecule has 1 saturated heterocycles. The molecule has 0 saturated carbocycles. The van der Waals surface area contributed by atoms with Crippen LogP contribution in [0.4, 0.5) is 5.69 Å². The summed E-state index contributed by atoms with van der Waals surface area (Å²) in [4.78, 5) is 24.8. The lowest BCUT2D eigenvalue weighted by Crippen LogP contribution is -2.44. The molecule has 5 nitrogen and oxygen atoms in total. The minimum absolute atomic E-state index is 0.0751. The highest BCUT2D eigenvalue weighted by molar-refractivity contribution is 9.10. The lowest BCUT2D eigenvalue weighted by Gasteiger charge is -2.36. The van der Waals surface area contributed by atoms with E-state index in [9.17, 15) is 14.9 Å². The summed E-state index contributed by atoms with van der Waals surface area (Å²) >= 11 is 3.19. The number of carbonyl (C=O) groups is 1. The number of likely N-dealkylation sites (tertiary alicyclic amines) is 1. The van der Waals surface area contributed by atoms with Crippen LogP contribution in [-0.2, 0) is 0 Å². The van der Waals surface area contributed by atoms with Crippen molar-refractivity contribution in [3.8, 4) is 0 Å². The summed E-state index contributed by atoms with van der Waals surface area (Å²) in [6.07, 6.45) is 1.95. The van der Waals surface area contributed by atoms with Crippen molar-refractivity contribution in [1.29, 1.82) is 0 Å². The van der Waals surface area contributed by atoms with Crippen LogP contribution >= 0.6 is 15.9 Å². The highest BCUT2D eigenvalue weighted by Crippen LogP contribution is 2.31. The van der Waals surface area contributed by atoms with Crippen LogP contribution in [0.25, 0.3) is 0 Å². The van der Waals surface area contributed by atoms with Crippen LogP contribution in [-0.4, -0.2) is 28.3 Å². The van der Waals surface area contributed by atoms with Gasteiger partial charge in [0.1, 0.15) is 4.47 Å². The quantitative estimate of drug-likeness (QED) is 0.610. The van der Waals surface area contributed by atoms with Gasteiger partial charge < -0.3 is 4.90 Å². The zero-order valence-electron chi connectivity index (χ0n) is 11.5. The van der Waals surface area contributed by atoms with Crippen molar-refractivity contribution in [2.45, 2.75) is 32.7 Å². The van der Waals surface area contributed by atoms with Crippen LogP contribution < -0.4 is 0 Å². The number of nitro benzene ring substituents is 1. The Bertz CT molecular complexity index is 547. The van der Waals surface area contributed by atoms with Crippen molar-refractivity contribution in [3.05, 3.63) is 38.3 Å². The fraction of sp³-hybridized carbons (Fsp3) is 0.500. The second-order valence-corrected chi connectivity index (χ2v) is 6.17. The monoisotopic (exact) mass is 340 g/mol. The van der Waals surface area contributed by atoms with Gasteiger partial charge in [0.25, 0.3) is 11.6 Å². The Morgan fingerprint density at radius 1 is 1.45 bits per heavy atom. The van der Waals surface area contributed by atoms with Crippen LogP contribution in [0.5, 0.6) is 0 Å². The average Bonchev–Trinajstić information content (AvgIpc) is 2.38. The zero-order valence-corrected chi connectivity index (χ0v) is 13.1. The summed E-state index contributed by atoms with van der Waals surface area (Å²) in [6.45, 7) is 4.91. The molecule has 108 valence electrons. The molecule has 2 atom stereocenters. The summed E-state index contributed by atoms with van der Waals surface area (Å²) in [5, 5.41) is 10.9. The largest absolute Gasteiger partial charge is 0.336 e. The third-order valence-corrected chi connectivity index (χ3v) is 4.64. The second kappa shape index (κ2) is 5.91. The van der Waals surface area contributed by atoms with E-state index in [1.807, 2.05) is 11.8 Å². The van der Waals surface area contributed by atoms with E-state index in [0.717, 1.165) is 12.8 Å². The van der Waals surface area contributed by atoms with Gasteiger partial charge in [0.15, 0.2) is 0 Å². The smallest absolute Gasteiger partial charge is 0.284 e. The molecular weight excluding hydrogens is 324 g/mol. The van der Waals surface area contributed by atoms with Gasteiger partial charge in [0, 0.05) is 18.7 Å². The van der Waals surface area contributed by atoms with Crippen molar-refractivity contribution in [1.82, 2.24) is 4.90 Å². The second-order valence-electron chi connectivity index (χ2n) is 5.37. The lowest BCUT2D eigenvalue weighted by atomic mass is 9.93. The fourth-order valence-electron chi connectivity index (χ4n) is 2.69. The minimum Gasteiger partial charge on any atom is -0.336 e. The van der Waals surface area contributed by atoms with Gasteiger partial charge in [0.2, 0.25) is 0 Å². The molecule has 1 heterocycles. The van der Waals surface area contributed by atoms with E-state index < -0.39 is 4.92 Å². The van der Waals surface area contributed by atoms with Gasteiger partial charge in [-0.2, -0.15) is 0 Å². The van der Waals surface area contributed by atoms with Crippen molar-refractivity contribution < 1.29 is 9.72 Å². The maximum atomic E-state index is 12.6. The van der Waals surface area contributed by atoms with Gasteiger partial charge >= 0.3 is 0 Å². The van der Waals surface area contributed by atoms with Crippen LogP contribution in [0.15, 0.2) is 22.7 Å². The molecule has 2 unspecified atom stereocenters. The Balaban J connectivity index is 2.30. The molecule has 0 bridgehead atoms. The SMILES string of the molecule is CC1CCN(C(=O)c2cccc([N+](=O)[O-])c2Br)C(C)C1. The van der Waals surface area contributed by atoms with E-state index in [1.54, 1.807) is 12.1 Å². The van der Waals surface area contributed by atoms with Gasteiger partial charge in [-0.25, -0.2) is 0 Å². The molecule has 0 N–H and O–H groups in total. The summed E-state index contributed by atoms with van der Waals surface area (Å²) in [5.74, 6) is 0.475. The van der Waals surface area contributed by atoms with Crippen molar-refractivity contribution in [2.75, 3.05) is 6.54 Å². The van der Waals surface area contributed by atoms with E-state index in [-0.39, 0.29) is 22.1 Å². The highest BCUT2D eigenvalue weighted by atomic mass is 79.9. The number of hydrogen-bond acceptors (Lipinski definition) is 3. The fourth-order valence-corrected chi connectivity index (χ4v) is 3.27. The van der Waals surface area contributed by atoms with Crippen LogP contribution in [0.2, 0.25) is 0 Å². The van der Waals surface area contributed by atoms with Crippen LogP contribution in [0.1, 0.15) is 37.0 Å². The predicted octanol–water partition coefficient (Wildman–Crippen LogP) is 3.62. The number of piperidine rings is 1. The molecule has 2 rings (SSSR count). The predicted molar refractivity (Wildman–Crippen MR) is 79.7 cm³/mol. The molecule has 1 aromatic carbocycles. The maximum absolute atomic E-state index is 12.6. The number of amides is 1. The molecule has 1 amide bonds. The van der Waals surface area contributed by atoms with Gasteiger partial charge in [0.05, 0.1) is 10.5 Å². The Morgan fingerprint density at radius 3 is 2.75 bits per heavy atom. The molecule has 0 spiro atoms. The van der Waals surface area contributed by atoms with Crippen LogP contribution in [0.3, 0.4) is 0 Å². The van der Waals surface area contributed by atoms with Crippen molar-refractivity contribution in [3.63, 3.8) is 0 Å². The van der Waals surface area contributed by atoms with E-state index in [2.05, 4.69) is 22.9 Å². The van der Waals surface area contributed by atoms with Gasteiger partial charge in [-0.1, -0.05) is 13.0 Å². The first-order chi connectivity index (χ1) is 9.41. The number of carbonyl (C=O) groups excluding carboxylic acids is 1. The van der Waals surface area contributed by atoms with Gasteiger partial charge in [-0.05, 0) is 47.7 Å². The number of nitro groups is 1. The standard InChI is InChI=1S/C14H17BrN2O3/c1-9-6-7-16(10(2)8-9)14(18)11-4-3-5-12(13(11)15)17(19)20/h3-5,9-10H,6-8H2,1-2H3.